The summed E-state index contributed by atoms with van der Waals surface area (Å²) in [5, 5.41) is 0. The maximum atomic E-state index is 12.9. The summed E-state index contributed by atoms with van der Waals surface area (Å²) < 4.78 is 14.4. The molecule has 90 valence electrons. The van der Waals surface area contributed by atoms with Crippen molar-refractivity contribution in [3.63, 3.8) is 0 Å². The van der Waals surface area contributed by atoms with Gasteiger partial charge in [0.05, 0.1) is 4.34 Å². The summed E-state index contributed by atoms with van der Waals surface area (Å²) in [5.74, 6) is -0.256. The summed E-state index contributed by atoms with van der Waals surface area (Å²) in [5.41, 5.74) is 7.07. The van der Waals surface area contributed by atoms with Crippen molar-refractivity contribution in [2.75, 3.05) is 0 Å². The highest BCUT2D eigenvalue weighted by molar-refractivity contribution is 9.10. The third-order valence-corrected chi connectivity index (χ3v) is 4.52. The Morgan fingerprint density at radius 3 is 2.71 bits per heavy atom. The topological polar surface area (TPSA) is 26.0 Å². The molecule has 17 heavy (non-hydrogen) atoms. The number of rotatable bonds is 3. The Bertz CT molecular complexity index is 529. The quantitative estimate of drug-likeness (QED) is 0.876. The maximum Gasteiger partial charge on any atom is 0.124 e. The summed E-state index contributed by atoms with van der Waals surface area (Å²) >= 11 is 10.7. The smallest absolute Gasteiger partial charge is 0.124 e. The molecule has 0 spiro atoms. The molecule has 0 radical (unpaired) electrons. The second-order valence-corrected chi connectivity index (χ2v) is 6.29. The molecule has 5 heteroatoms. The zero-order valence-electron chi connectivity index (χ0n) is 8.79. The van der Waals surface area contributed by atoms with Gasteiger partial charge in [-0.2, -0.15) is 0 Å². The van der Waals surface area contributed by atoms with Crippen LogP contribution in [0.25, 0.3) is 0 Å². The van der Waals surface area contributed by atoms with Gasteiger partial charge >= 0.3 is 0 Å². The van der Waals surface area contributed by atoms with Crippen molar-refractivity contribution in [2.24, 2.45) is 5.73 Å². The first-order valence-corrected chi connectivity index (χ1v) is 7.00. The highest BCUT2D eigenvalue weighted by atomic mass is 79.9. The van der Waals surface area contributed by atoms with Crippen LogP contribution in [0.3, 0.4) is 0 Å². The van der Waals surface area contributed by atoms with Crippen LogP contribution in [0.5, 0.6) is 0 Å². The van der Waals surface area contributed by atoms with E-state index in [0.717, 1.165) is 19.2 Å². The molecule has 2 aromatic rings. The molecule has 1 atom stereocenters. The summed E-state index contributed by atoms with van der Waals surface area (Å²) in [4.78, 5) is 1.03. The molecule has 2 rings (SSSR count). The molecule has 0 saturated heterocycles. The van der Waals surface area contributed by atoms with E-state index in [-0.39, 0.29) is 11.9 Å². The molecular formula is C12H10BrClFNS. The van der Waals surface area contributed by atoms with Crippen LogP contribution in [-0.2, 0) is 6.42 Å². The van der Waals surface area contributed by atoms with Crippen LogP contribution >= 0.6 is 38.9 Å². The number of hydrogen-bond donors (Lipinski definition) is 1. The standard InChI is InChI=1S/C12H10BrClFNS/c13-9-6-8(15)2-1-7(9)5-10(16)11-3-4-12(14)17-11/h1-4,6,10H,5,16H2. The molecule has 0 amide bonds. The number of benzene rings is 1. The van der Waals surface area contributed by atoms with Gasteiger partial charge in [-0.05, 0) is 36.2 Å². The summed E-state index contributed by atoms with van der Waals surface area (Å²) in [7, 11) is 0. The Labute approximate surface area is 117 Å². The minimum atomic E-state index is -0.256. The van der Waals surface area contributed by atoms with Crippen LogP contribution in [0, 0.1) is 5.82 Å². The fraction of sp³-hybridized carbons (Fsp3) is 0.167. The van der Waals surface area contributed by atoms with Crippen molar-refractivity contribution in [1.82, 2.24) is 0 Å². The molecule has 1 nitrogen and oxygen atoms in total. The van der Waals surface area contributed by atoms with Crippen molar-refractivity contribution in [1.29, 1.82) is 0 Å². The third-order valence-electron chi connectivity index (χ3n) is 2.41. The Kier molecular flexibility index (Phi) is 4.20. The lowest BCUT2D eigenvalue weighted by Gasteiger charge is -2.11. The summed E-state index contributed by atoms with van der Waals surface area (Å²) in [6.45, 7) is 0. The fourth-order valence-electron chi connectivity index (χ4n) is 1.55. The normalized spacial score (nSPS) is 12.7. The number of halogens is 3. The van der Waals surface area contributed by atoms with Crippen molar-refractivity contribution < 1.29 is 4.39 Å². The Balaban J connectivity index is 2.15. The van der Waals surface area contributed by atoms with E-state index < -0.39 is 0 Å². The minimum Gasteiger partial charge on any atom is -0.323 e. The fourth-order valence-corrected chi connectivity index (χ4v) is 3.13. The highest BCUT2D eigenvalue weighted by Crippen LogP contribution is 2.29. The molecule has 1 aromatic carbocycles. The van der Waals surface area contributed by atoms with E-state index in [0.29, 0.717) is 6.42 Å². The first kappa shape index (κ1) is 13.0. The zero-order valence-corrected chi connectivity index (χ0v) is 11.9. The number of hydrogen-bond acceptors (Lipinski definition) is 2. The largest absolute Gasteiger partial charge is 0.323 e. The van der Waals surface area contributed by atoms with Gasteiger partial charge in [-0.3, -0.25) is 0 Å². The monoisotopic (exact) mass is 333 g/mol. The maximum absolute atomic E-state index is 12.9. The molecule has 1 aromatic heterocycles. The molecule has 2 N–H and O–H groups in total. The third kappa shape index (κ3) is 3.28. The van der Waals surface area contributed by atoms with Gasteiger partial charge in [-0.15, -0.1) is 11.3 Å². The highest BCUT2D eigenvalue weighted by Gasteiger charge is 2.12. The molecule has 0 aliphatic rings. The van der Waals surface area contributed by atoms with Crippen LogP contribution in [0.15, 0.2) is 34.8 Å². The molecule has 0 aliphatic carbocycles. The molecule has 0 bridgehead atoms. The van der Waals surface area contributed by atoms with Crippen LogP contribution in [0.4, 0.5) is 4.39 Å². The van der Waals surface area contributed by atoms with Gasteiger partial charge in [-0.25, -0.2) is 4.39 Å². The summed E-state index contributed by atoms with van der Waals surface area (Å²) in [6, 6.07) is 8.27. The first-order chi connectivity index (χ1) is 8.06. The van der Waals surface area contributed by atoms with Crippen LogP contribution in [0.2, 0.25) is 4.34 Å². The van der Waals surface area contributed by atoms with E-state index in [1.165, 1.54) is 23.5 Å². The molecule has 0 saturated carbocycles. The Hall–Kier alpha value is -0.420. The predicted molar refractivity (Wildman–Crippen MR) is 74.1 cm³/mol. The van der Waals surface area contributed by atoms with Crippen molar-refractivity contribution >= 4 is 38.9 Å². The molecule has 1 unspecified atom stereocenters. The summed E-state index contributed by atoms with van der Waals surface area (Å²) in [6.07, 6.45) is 0.651. The van der Waals surface area contributed by atoms with Crippen molar-refractivity contribution in [2.45, 2.75) is 12.5 Å². The molecule has 0 fully saturated rings. The van der Waals surface area contributed by atoms with Crippen LogP contribution in [-0.4, -0.2) is 0 Å². The number of thiophene rings is 1. The Morgan fingerprint density at radius 2 is 2.12 bits per heavy atom. The van der Waals surface area contributed by atoms with Gasteiger partial charge in [0.15, 0.2) is 0 Å². The van der Waals surface area contributed by atoms with E-state index >= 15 is 0 Å². The molecule has 0 aliphatic heterocycles. The second-order valence-electron chi connectivity index (χ2n) is 3.69. The Morgan fingerprint density at radius 1 is 1.35 bits per heavy atom. The molecule has 1 heterocycles. The van der Waals surface area contributed by atoms with Crippen molar-refractivity contribution in [3.05, 3.63) is 55.4 Å². The van der Waals surface area contributed by atoms with Gasteiger partial charge in [-0.1, -0.05) is 33.6 Å². The van der Waals surface area contributed by atoms with Gasteiger partial charge in [0, 0.05) is 15.4 Å². The van der Waals surface area contributed by atoms with Crippen molar-refractivity contribution in [3.8, 4) is 0 Å². The average Bonchev–Trinajstić information content (AvgIpc) is 2.69. The number of nitrogens with two attached hydrogens (primary N) is 1. The van der Waals surface area contributed by atoms with E-state index in [2.05, 4.69) is 15.9 Å². The van der Waals surface area contributed by atoms with E-state index in [1.54, 1.807) is 6.07 Å². The van der Waals surface area contributed by atoms with Gasteiger partial charge < -0.3 is 5.73 Å². The van der Waals surface area contributed by atoms with E-state index in [4.69, 9.17) is 17.3 Å². The van der Waals surface area contributed by atoms with E-state index in [1.807, 2.05) is 12.1 Å². The van der Waals surface area contributed by atoms with E-state index in [9.17, 15) is 4.39 Å². The first-order valence-electron chi connectivity index (χ1n) is 5.01. The van der Waals surface area contributed by atoms with Gasteiger partial charge in [0.1, 0.15) is 5.82 Å². The lowest BCUT2D eigenvalue weighted by Crippen LogP contribution is -2.12. The minimum absolute atomic E-state index is 0.116. The van der Waals surface area contributed by atoms with Gasteiger partial charge in [0.2, 0.25) is 0 Å². The lowest BCUT2D eigenvalue weighted by atomic mass is 10.1. The van der Waals surface area contributed by atoms with Gasteiger partial charge in [0.25, 0.3) is 0 Å². The van der Waals surface area contributed by atoms with Crippen LogP contribution in [0.1, 0.15) is 16.5 Å². The predicted octanol–water partition coefficient (Wildman–Crippen LogP) is 4.55. The zero-order chi connectivity index (χ0) is 12.4. The SMILES string of the molecule is NC(Cc1ccc(F)cc1Br)c1ccc(Cl)s1. The lowest BCUT2D eigenvalue weighted by molar-refractivity contribution is 0.624. The molecular weight excluding hydrogens is 325 g/mol. The second kappa shape index (κ2) is 5.48. The van der Waals surface area contributed by atoms with Crippen LogP contribution < -0.4 is 5.73 Å². The average molecular weight is 335 g/mol.